The fourth-order valence-corrected chi connectivity index (χ4v) is 6.03. The van der Waals surface area contributed by atoms with Gasteiger partial charge in [0.2, 0.25) is 0 Å². The summed E-state index contributed by atoms with van der Waals surface area (Å²) in [4.78, 5) is 21.8. The van der Waals surface area contributed by atoms with Crippen molar-refractivity contribution in [2.75, 3.05) is 13.7 Å². The third-order valence-electron chi connectivity index (χ3n) is 7.15. The normalized spacial score (nSPS) is 13.1. The number of pyridine rings is 1. The SMILES string of the molecule is COc1cc(C(=O)NC[C@@](O)(c2ccccc2)c2nc(-c3cc(Cl)c(F)cc3F)c(F)c(C(C)(C)O)c2F)cc2sc(C)nc12. The van der Waals surface area contributed by atoms with Gasteiger partial charge in [0.15, 0.2) is 17.2 Å². The van der Waals surface area contributed by atoms with Gasteiger partial charge in [0.25, 0.3) is 5.91 Å². The number of hydrogen-bond acceptors (Lipinski definition) is 7. The highest BCUT2D eigenvalue weighted by Crippen LogP contribution is 2.40. The van der Waals surface area contributed by atoms with Gasteiger partial charge in [-0.1, -0.05) is 41.9 Å². The smallest absolute Gasteiger partial charge is 0.251 e. The molecule has 234 valence electrons. The van der Waals surface area contributed by atoms with Gasteiger partial charge in [-0.2, -0.15) is 0 Å². The maximum Gasteiger partial charge on any atom is 0.251 e. The number of methoxy groups -OCH3 is 1. The molecule has 2 aromatic heterocycles. The van der Waals surface area contributed by atoms with Gasteiger partial charge in [-0.3, -0.25) is 4.79 Å². The summed E-state index contributed by atoms with van der Waals surface area (Å²) in [6, 6.07) is 11.8. The van der Waals surface area contributed by atoms with Gasteiger partial charge in [-0.15, -0.1) is 11.3 Å². The van der Waals surface area contributed by atoms with E-state index in [4.69, 9.17) is 16.3 Å². The molecule has 0 aliphatic carbocycles. The lowest BCUT2D eigenvalue weighted by atomic mass is 9.85. The monoisotopic (exact) mass is 659 g/mol. The molecule has 0 radical (unpaired) electrons. The summed E-state index contributed by atoms with van der Waals surface area (Å²) in [7, 11) is 1.43. The van der Waals surface area contributed by atoms with Crippen molar-refractivity contribution in [1.29, 1.82) is 0 Å². The average molecular weight is 660 g/mol. The van der Waals surface area contributed by atoms with Crippen LogP contribution in [0, 0.1) is 30.2 Å². The van der Waals surface area contributed by atoms with E-state index in [0.29, 0.717) is 22.0 Å². The van der Waals surface area contributed by atoms with E-state index >= 15 is 8.78 Å². The van der Waals surface area contributed by atoms with E-state index in [-0.39, 0.29) is 11.1 Å². The molecular weight excluding hydrogens is 634 g/mol. The summed E-state index contributed by atoms with van der Waals surface area (Å²) >= 11 is 7.19. The molecule has 7 nitrogen and oxygen atoms in total. The maximum absolute atomic E-state index is 16.3. The number of aliphatic hydroxyl groups is 2. The van der Waals surface area contributed by atoms with Gasteiger partial charge in [-0.25, -0.2) is 27.5 Å². The molecule has 0 fully saturated rings. The average Bonchev–Trinajstić information content (AvgIpc) is 3.37. The van der Waals surface area contributed by atoms with Crippen LogP contribution in [0.4, 0.5) is 17.6 Å². The van der Waals surface area contributed by atoms with Crippen LogP contribution in [0.2, 0.25) is 5.02 Å². The number of thiazole rings is 1. The van der Waals surface area contributed by atoms with E-state index in [0.717, 1.165) is 24.9 Å². The molecule has 3 N–H and O–H groups in total. The number of halogens is 5. The van der Waals surface area contributed by atoms with Crippen molar-refractivity contribution >= 4 is 39.1 Å². The minimum Gasteiger partial charge on any atom is -0.494 e. The Morgan fingerprint density at radius 1 is 1.00 bits per heavy atom. The topological polar surface area (TPSA) is 105 Å². The van der Waals surface area contributed by atoms with Crippen molar-refractivity contribution in [3.8, 4) is 17.0 Å². The Morgan fingerprint density at radius 2 is 1.69 bits per heavy atom. The largest absolute Gasteiger partial charge is 0.494 e. The van der Waals surface area contributed by atoms with E-state index in [9.17, 15) is 23.8 Å². The molecule has 1 amide bonds. The zero-order valence-electron chi connectivity index (χ0n) is 24.3. The molecule has 0 spiro atoms. The second kappa shape index (κ2) is 12.0. The molecule has 1 atom stereocenters. The van der Waals surface area contributed by atoms with E-state index in [2.05, 4.69) is 15.3 Å². The quantitative estimate of drug-likeness (QED) is 0.125. The van der Waals surface area contributed by atoms with E-state index in [1.807, 2.05) is 0 Å². The summed E-state index contributed by atoms with van der Waals surface area (Å²) in [6.07, 6.45) is 0. The summed E-state index contributed by atoms with van der Waals surface area (Å²) in [5.74, 6) is -5.65. The van der Waals surface area contributed by atoms with Crippen LogP contribution in [0.25, 0.3) is 21.5 Å². The number of benzene rings is 3. The Balaban J connectivity index is 1.68. The number of hydrogen-bond donors (Lipinski definition) is 3. The van der Waals surface area contributed by atoms with Gasteiger partial charge < -0.3 is 20.3 Å². The number of amides is 1. The van der Waals surface area contributed by atoms with Crippen LogP contribution in [-0.2, 0) is 11.2 Å². The molecule has 5 aromatic rings. The van der Waals surface area contributed by atoms with Crippen LogP contribution >= 0.6 is 22.9 Å². The molecular formula is C32H26ClF4N3O4S. The third-order valence-corrected chi connectivity index (χ3v) is 8.36. The number of carbonyl (C=O) groups excluding carboxylic acids is 1. The Bertz CT molecular complexity index is 1950. The number of fused-ring (bicyclic) bond motifs is 1. The first-order valence-electron chi connectivity index (χ1n) is 13.4. The minimum atomic E-state index is -2.50. The first kappa shape index (κ1) is 32.3. The molecule has 0 aliphatic heterocycles. The number of ether oxygens (including phenoxy) is 1. The molecule has 0 saturated heterocycles. The molecule has 5 rings (SSSR count). The maximum atomic E-state index is 16.3. The summed E-state index contributed by atoms with van der Waals surface area (Å²) < 4.78 is 67.3. The van der Waals surface area contributed by atoms with Crippen molar-refractivity contribution in [3.05, 3.63) is 110 Å². The number of aromatic nitrogens is 2. The summed E-state index contributed by atoms with van der Waals surface area (Å²) in [6.45, 7) is 3.27. The van der Waals surface area contributed by atoms with Crippen molar-refractivity contribution in [1.82, 2.24) is 15.3 Å². The van der Waals surface area contributed by atoms with Gasteiger partial charge in [0, 0.05) is 17.2 Å². The number of nitrogens with zero attached hydrogens (tertiary/aromatic N) is 2. The minimum absolute atomic E-state index is 0.0275. The van der Waals surface area contributed by atoms with E-state index in [1.165, 1.54) is 48.8 Å². The lowest BCUT2D eigenvalue weighted by Gasteiger charge is -2.32. The molecule has 0 bridgehead atoms. The van der Waals surface area contributed by atoms with E-state index < -0.39 is 74.5 Å². The highest BCUT2D eigenvalue weighted by molar-refractivity contribution is 7.18. The van der Waals surface area contributed by atoms with Crippen molar-refractivity contribution in [3.63, 3.8) is 0 Å². The molecule has 0 aliphatic rings. The Labute approximate surface area is 264 Å². The van der Waals surface area contributed by atoms with Crippen LogP contribution in [0.3, 0.4) is 0 Å². The van der Waals surface area contributed by atoms with Crippen LogP contribution in [0.15, 0.2) is 54.6 Å². The first-order valence-corrected chi connectivity index (χ1v) is 14.6. The molecule has 0 saturated carbocycles. The second-order valence-electron chi connectivity index (χ2n) is 10.8. The third kappa shape index (κ3) is 5.98. The second-order valence-corrected chi connectivity index (χ2v) is 12.4. The predicted octanol–water partition coefficient (Wildman–Crippen LogP) is 6.78. The van der Waals surface area contributed by atoms with Gasteiger partial charge >= 0.3 is 0 Å². The van der Waals surface area contributed by atoms with Crippen LogP contribution in [-0.4, -0.2) is 39.7 Å². The number of nitrogens with one attached hydrogen (secondary N) is 1. The summed E-state index contributed by atoms with van der Waals surface area (Å²) in [5.41, 5.74) is -7.25. The Hall–Kier alpha value is -4.10. The highest BCUT2D eigenvalue weighted by Gasteiger charge is 2.42. The van der Waals surface area contributed by atoms with Crippen LogP contribution < -0.4 is 10.1 Å². The highest BCUT2D eigenvalue weighted by atomic mass is 35.5. The molecule has 2 heterocycles. The van der Waals surface area contributed by atoms with Gasteiger partial charge in [0.1, 0.15) is 34.3 Å². The standard InChI is InChI=1S/C32H26ClF4N3O4S/c1-15-39-28-22(44-4)10-16(11-23(28)45-15)30(41)38-14-32(43,17-8-6-5-7-9-17)29-26(37)24(31(2,3)42)25(36)27(40-29)18-12-19(33)21(35)13-20(18)34/h5-13,42-43H,14H2,1-4H3,(H,38,41)/t32-/m1/s1. The van der Waals surface area contributed by atoms with Crippen LogP contribution in [0.1, 0.15) is 46.0 Å². The molecule has 45 heavy (non-hydrogen) atoms. The Kier molecular flexibility index (Phi) is 8.62. The molecule has 3 aromatic carbocycles. The van der Waals surface area contributed by atoms with E-state index in [1.54, 1.807) is 19.1 Å². The van der Waals surface area contributed by atoms with Gasteiger partial charge in [0.05, 0.1) is 39.5 Å². The predicted molar refractivity (Wildman–Crippen MR) is 162 cm³/mol. The van der Waals surface area contributed by atoms with Crippen molar-refractivity contribution in [2.24, 2.45) is 0 Å². The molecule has 0 unspecified atom stereocenters. The van der Waals surface area contributed by atoms with Crippen molar-refractivity contribution < 1.29 is 37.3 Å². The first-order chi connectivity index (χ1) is 21.1. The lowest BCUT2D eigenvalue weighted by Crippen LogP contribution is -2.43. The number of rotatable bonds is 8. The zero-order chi connectivity index (χ0) is 32.8. The van der Waals surface area contributed by atoms with Gasteiger partial charge in [-0.05, 0) is 44.5 Å². The molecule has 13 heteroatoms. The fraction of sp³-hybridized carbons (Fsp3) is 0.219. The summed E-state index contributed by atoms with van der Waals surface area (Å²) in [5, 5.41) is 25.7. The Morgan fingerprint density at radius 3 is 2.33 bits per heavy atom. The van der Waals surface area contributed by atoms with Crippen molar-refractivity contribution in [2.45, 2.75) is 32.0 Å². The number of carbonyl (C=O) groups is 1. The fourth-order valence-electron chi connectivity index (χ4n) is 4.98. The number of aryl methyl sites for hydroxylation is 1. The van der Waals surface area contributed by atoms with Crippen LogP contribution in [0.5, 0.6) is 5.75 Å². The lowest BCUT2D eigenvalue weighted by molar-refractivity contribution is 0.0557. The zero-order valence-corrected chi connectivity index (χ0v) is 25.9.